The van der Waals surface area contributed by atoms with Gasteiger partial charge < -0.3 is 28.3 Å². The van der Waals surface area contributed by atoms with Crippen LogP contribution in [0.3, 0.4) is 0 Å². The molecule has 3 heterocycles. The monoisotopic (exact) mass is 810 g/mol. The van der Waals surface area contributed by atoms with Gasteiger partial charge in [0.05, 0.1) is 51.9 Å². The third-order valence-corrected chi connectivity index (χ3v) is 11.1. The van der Waals surface area contributed by atoms with Gasteiger partial charge in [0.1, 0.15) is 30.0 Å². The van der Waals surface area contributed by atoms with Crippen molar-refractivity contribution in [3.63, 3.8) is 0 Å². The minimum absolute atomic E-state index is 0.185. The maximum Gasteiger partial charge on any atom is 0.165 e. The number of hydrazine groups is 1. The van der Waals surface area contributed by atoms with E-state index in [2.05, 4.69) is 89.0 Å². The molecule has 0 unspecified atom stereocenters. The fourth-order valence-corrected chi connectivity index (χ4v) is 8.09. The normalized spacial score (nSPS) is 17.9. The molecule has 3 atom stereocenters. The van der Waals surface area contributed by atoms with E-state index in [9.17, 15) is 0 Å². The number of fused-ring (bicyclic) bond motifs is 1. The van der Waals surface area contributed by atoms with Crippen molar-refractivity contribution < 1.29 is 23.7 Å². The zero-order valence-corrected chi connectivity index (χ0v) is 34.0. The average molecular weight is 811 g/mol. The lowest BCUT2D eigenvalue weighted by Crippen LogP contribution is -2.52. The summed E-state index contributed by atoms with van der Waals surface area (Å²) < 4.78 is 37.1. The summed E-state index contributed by atoms with van der Waals surface area (Å²) in [6, 6.07) is 61.4. The molecule has 1 N–H and O–H groups in total. The number of ether oxygens (including phenoxy) is 5. The van der Waals surface area contributed by atoms with Crippen molar-refractivity contribution >= 4 is 17.8 Å². The third kappa shape index (κ3) is 9.68. The number of hydrogen-bond acceptors (Lipinski definition) is 8. The predicted molar refractivity (Wildman–Crippen MR) is 239 cm³/mol. The molecule has 2 aliphatic rings. The van der Waals surface area contributed by atoms with E-state index < -0.39 is 24.0 Å². The zero-order chi connectivity index (χ0) is 41.1. The molecule has 9 heteroatoms. The zero-order valence-electron chi connectivity index (χ0n) is 34.0. The van der Waals surface area contributed by atoms with Gasteiger partial charge in [-0.3, -0.25) is 10.4 Å². The number of hydrogen-bond donors (Lipinski definition) is 1. The average Bonchev–Trinajstić information content (AvgIpc) is 3.84. The van der Waals surface area contributed by atoms with Gasteiger partial charge in [-0.05, 0) is 39.9 Å². The Kier molecular flexibility index (Phi) is 12.7. The summed E-state index contributed by atoms with van der Waals surface area (Å²) in [5.74, 6) is 0.788. The molecule has 2 aliphatic heterocycles. The van der Waals surface area contributed by atoms with Crippen molar-refractivity contribution in [2.75, 3.05) is 18.6 Å². The standard InChI is InChI=1S/C52H50N4O5/c1-7-19-40(20-8-1)33-57-37-52(38-58-34-41-21-9-2-10-22-41)49(60-36-43-25-13-4-14-26-43)48(59-35-42-23-11-3-12-24-42)51(61-52)56-32-46(44-27-15-5-16-28-44)47-31-55(39-53-50(47)56)54-45-29-17-6-18-30-45/h1-30,32,39,48-49,51,54H,31,33-38H2/t48-,49+,51-/m1/s1. The number of nitrogens with one attached hydrogen (secondary N) is 1. The smallest absolute Gasteiger partial charge is 0.165 e. The Labute approximate surface area is 357 Å². The van der Waals surface area contributed by atoms with Crippen LogP contribution >= 0.6 is 0 Å². The number of anilines is 1. The van der Waals surface area contributed by atoms with Crippen LogP contribution in [0, 0.1) is 0 Å². The van der Waals surface area contributed by atoms with E-state index in [1.807, 2.05) is 121 Å². The molecule has 1 fully saturated rings. The van der Waals surface area contributed by atoms with Crippen LogP contribution in [0.15, 0.2) is 193 Å². The molecule has 0 bridgehead atoms. The Morgan fingerprint density at radius 1 is 0.574 bits per heavy atom. The highest BCUT2D eigenvalue weighted by Gasteiger charge is 2.58. The van der Waals surface area contributed by atoms with Crippen LogP contribution in [0.2, 0.25) is 0 Å². The summed E-state index contributed by atoms with van der Waals surface area (Å²) in [5.41, 5.74) is 10.8. The minimum Gasteiger partial charge on any atom is -0.374 e. The lowest BCUT2D eigenvalue weighted by molar-refractivity contribution is -0.185. The van der Waals surface area contributed by atoms with Crippen molar-refractivity contribution in [3.8, 4) is 11.1 Å². The number of aromatic nitrogens is 1. The molecule has 7 aromatic rings. The van der Waals surface area contributed by atoms with Gasteiger partial charge in [0.15, 0.2) is 6.23 Å². The largest absolute Gasteiger partial charge is 0.374 e. The topological polar surface area (TPSA) is 78.7 Å². The quantitative estimate of drug-likeness (QED) is 0.0925. The third-order valence-electron chi connectivity index (χ3n) is 11.1. The van der Waals surface area contributed by atoms with Crippen molar-refractivity contribution in [3.05, 3.63) is 216 Å². The van der Waals surface area contributed by atoms with Gasteiger partial charge in [0, 0.05) is 17.3 Å². The van der Waals surface area contributed by atoms with Gasteiger partial charge in [-0.2, -0.15) is 0 Å². The second kappa shape index (κ2) is 19.4. The lowest BCUT2D eigenvalue weighted by Gasteiger charge is -2.35. The van der Waals surface area contributed by atoms with Crippen LogP contribution in [0.4, 0.5) is 11.5 Å². The molecule has 0 aliphatic carbocycles. The summed E-state index contributed by atoms with van der Waals surface area (Å²) >= 11 is 0. The van der Waals surface area contributed by atoms with Gasteiger partial charge in [0.25, 0.3) is 0 Å². The van der Waals surface area contributed by atoms with E-state index >= 15 is 0 Å². The molecule has 9 nitrogen and oxygen atoms in total. The molecule has 0 amide bonds. The lowest BCUT2D eigenvalue weighted by atomic mass is 9.96. The summed E-state index contributed by atoms with van der Waals surface area (Å²) in [4.78, 5) is 5.15. The first-order valence-electron chi connectivity index (χ1n) is 20.8. The van der Waals surface area contributed by atoms with E-state index in [1.54, 1.807) is 0 Å². The Balaban J connectivity index is 1.13. The Hall–Kier alpha value is -6.33. The first-order valence-corrected chi connectivity index (χ1v) is 20.8. The second-order valence-corrected chi connectivity index (χ2v) is 15.5. The Bertz CT molecular complexity index is 2390. The molecule has 0 spiro atoms. The number of benzene rings is 6. The van der Waals surface area contributed by atoms with Gasteiger partial charge in [-0.15, -0.1) is 0 Å². The number of nitrogens with zero attached hydrogens (tertiary/aromatic N) is 3. The van der Waals surface area contributed by atoms with Crippen LogP contribution in [-0.4, -0.2) is 46.9 Å². The maximum atomic E-state index is 7.51. The van der Waals surface area contributed by atoms with E-state index in [4.69, 9.17) is 28.7 Å². The van der Waals surface area contributed by atoms with Crippen molar-refractivity contribution in [1.29, 1.82) is 0 Å². The van der Waals surface area contributed by atoms with Crippen molar-refractivity contribution in [1.82, 2.24) is 9.58 Å². The van der Waals surface area contributed by atoms with Crippen LogP contribution in [0.25, 0.3) is 11.1 Å². The fraction of sp³-hybridized carbons (Fsp3) is 0.212. The van der Waals surface area contributed by atoms with Gasteiger partial charge in [-0.25, -0.2) is 4.99 Å². The Morgan fingerprint density at radius 2 is 1.05 bits per heavy atom. The van der Waals surface area contributed by atoms with Crippen LogP contribution in [-0.2, 0) is 56.7 Å². The van der Waals surface area contributed by atoms with Crippen LogP contribution < -0.4 is 5.43 Å². The number of para-hydroxylation sites is 1. The molecule has 0 radical (unpaired) electrons. The minimum atomic E-state index is -1.10. The van der Waals surface area contributed by atoms with Crippen molar-refractivity contribution in [2.45, 2.75) is 57.0 Å². The SMILES string of the molecule is C1=Nc2c(c(-c3ccccc3)cn2[C@@H]2OC(COCc3ccccc3)(COCc3ccccc3)[C@@H](OCc3ccccc3)[C@H]2OCc2ccccc2)CN1Nc1ccccc1. The number of aliphatic imine (C=N–C) groups is 1. The summed E-state index contributed by atoms with van der Waals surface area (Å²) in [7, 11) is 0. The molecule has 308 valence electrons. The highest BCUT2D eigenvalue weighted by molar-refractivity contribution is 5.77. The van der Waals surface area contributed by atoms with Crippen molar-refractivity contribution in [2.24, 2.45) is 4.99 Å². The molecule has 61 heavy (non-hydrogen) atoms. The highest BCUT2D eigenvalue weighted by atomic mass is 16.6. The fourth-order valence-electron chi connectivity index (χ4n) is 8.09. The molecular formula is C52H50N4O5. The van der Waals surface area contributed by atoms with E-state index in [0.29, 0.717) is 33.0 Å². The molecule has 1 saturated heterocycles. The van der Waals surface area contributed by atoms with E-state index in [1.165, 1.54) is 0 Å². The van der Waals surface area contributed by atoms with Gasteiger partial charge in [-0.1, -0.05) is 170 Å². The first-order chi connectivity index (χ1) is 30.2. The first kappa shape index (κ1) is 40.1. The van der Waals surface area contributed by atoms with Gasteiger partial charge >= 0.3 is 0 Å². The summed E-state index contributed by atoms with van der Waals surface area (Å²) in [5, 5.41) is 2.01. The maximum absolute atomic E-state index is 7.51. The molecular weight excluding hydrogens is 761 g/mol. The van der Waals surface area contributed by atoms with Gasteiger partial charge in [0.2, 0.25) is 0 Å². The Morgan fingerprint density at radius 3 is 1.59 bits per heavy atom. The van der Waals surface area contributed by atoms with E-state index in [0.717, 1.165) is 50.4 Å². The molecule has 9 rings (SSSR count). The van der Waals surface area contributed by atoms with Crippen LogP contribution in [0.1, 0.15) is 34.0 Å². The highest BCUT2D eigenvalue weighted by Crippen LogP contribution is 2.47. The van der Waals surface area contributed by atoms with Crippen LogP contribution in [0.5, 0.6) is 0 Å². The summed E-state index contributed by atoms with van der Waals surface area (Å²) in [6.45, 7) is 2.39. The number of rotatable bonds is 18. The second-order valence-electron chi connectivity index (χ2n) is 15.5. The summed E-state index contributed by atoms with van der Waals surface area (Å²) in [6.07, 6.45) is 2.09. The van der Waals surface area contributed by atoms with E-state index in [-0.39, 0.29) is 13.2 Å². The predicted octanol–water partition coefficient (Wildman–Crippen LogP) is 10.5. The molecule has 6 aromatic carbocycles. The molecule has 1 aromatic heterocycles. The molecule has 0 saturated carbocycles.